The number of hydrogen-bond donors (Lipinski definition) is 1. The second-order valence-electron chi connectivity index (χ2n) is 5.11. The number of carbonyl (C=O) groups excluding carboxylic acids is 1. The number of piperidine rings is 1. The standard InChI is InChI=1S/C15H22N2O3/c1-10(18)17-8-7-11(13(16)9-17)12-5-4-6-14(19-2)15(12)20-3/h4-6,11,13H,7-9,16H2,1-3H3. The van der Waals surface area contributed by atoms with Gasteiger partial charge in [0, 0.05) is 37.5 Å². The van der Waals surface area contributed by atoms with Gasteiger partial charge >= 0.3 is 0 Å². The number of ether oxygens (including phenoxy) is 2. The van der Waals surface area contributed by atoms with E-state index in [0.29, 0.717) is 12.3 Å². The highest BCUT2D eigenvalue weighted by atomic mass is 16.5. The predicted octanol–water partition coefficient (Wildman–Crippen LogP) is 1.37. The highest BCUT2D eigenvalue weighted by Gasteiger charge is 2.31. The van der Waals surface area contributed by atoms with Crippen LogP contribution >= 0.6 is 0 Å². The number of nitrogens with two attached hydrogens (primary N) is 1. The minimum atomic E-state index is -0.0892. The van der Waals surface area contributed by atoms with Gasteiger partial charge in [0.15, 0.2) is 11.5 Å². The molecule has 1 heterocycles. The Hall–Kier alpha value is -1.75. The molecule has 1 aromatic carbocycles. The average molecular weight is 278 g/mol. The maximum atomic E-state index is 11.4. The quantitative estimate of drug-likeness (QED) is 0.907. The van der Waals surface area contributed by atoms with Crippen molar-refractivity contribution in [3.63, 3.8) is 0 Å². The van der Waals surface area contributed by atoms with Crippen molar-refractivity contribution in [2.45, 2.75) is 25.3 Å². The Labute approximate surface area is 119 Å². The Kier molecular flexibility index (Phi) is 4.49. The largest absolute Gasteiger partial charge is 0.493 e. The molecule has 1 fully saturated rings. The third-order valence-corrected chi connectivity index (χ3v) is 3.94. The van der Waals surface area contributed by atoms with Crippen molar-refractivity contribution < 1.29 is 14.3 Å². The normalized spacial score (nSPS) is 22.5. The van der Waals surface area contributed by atoms with Crippen LogP contribution in [-0.4, -0.2) is 44.2 Å². The van der Waals surface area contributed by atoms with Crippen molar-refractivity contribution in [2.24, 2.45) is 5.73 Å². The maximum Gasteiger partial charge on any atom is 0.219 e. The zero-order valence-corrected chi connectivity index (χ0v) is 12.3. The van der Waals surface area contributed by atoms with Crippen molar-refractivity contribution in [3.8, 4) is 11.5 Å². The van der Waals surface area contributed by atoms with Gasteiger partial charge in [0.1, 0.15) is 0 Å². The smallest absolute Gasteiger partial charge is 0.219 e. The lowest BCUT2D eigenvalue weighted by Crippen LogP contribution is -2.49. The molecule has 0 aromatic heterocycles. The van der Waals surface area contributed by atoms with E-state index >= 15 is 0 Å². The number of para-hydroxylation sites is 1. The van der Waals surface area contributed by atoms with Crippen LogP contribution in [0.3, 0.4) is 0 Å². The van der Waals surface area contributed by atoms with Gasteiger partial charge in [-0.1, -0.05) is 12.1 Å². The van der Waals surface area contributed by atoms with Crippen LogP contribution in [0.1, 0.15) is 24.8 Å². The van der Waals surface area contributed by atoms with E-state index in [-0.39, 0.29) is 17.9 Å². The van der Waals surface area contributed by atoms with Crippen LogP contribution in [0.4, 0.5) is 0 Å². The molecular weight excluding hydrogens is 256 g/mol. The van der Waals surface area contributed by atoms with Crippen LogP contribution in [-0.2, 0) is 4.79 Å². The summed E-state index contributed by atoms with van der Waals surface area (Å²) in [5, 5.41) is 0. The molecule has 2 unspecified atom stereocenters. The molecule has 1 aliphatic rings. The van der Waals surface area contributed by atoms with Crippen LogP contribution in [0, 0.1) is 0 Å². The van der Waals surface area contributed by atoms with Gasteiger partial charge in [0.25, 0.3) is 0 Å². The molecule has 1 amide bonds. The second-order valence-corrected chi connectivity index (χ2v) is 5.11. The topological polar surface area (TPSA) is 64.8 Å². The van der Waals surface area contributed by atoms with Crippen LogP contribution in [0.5, 0.6) is 11.5 Å². The number of rotatable bonds is 3. The zero-order chi connectivity index (χ0) is 14.7. The van der Waals surface area contributed by atoms with E-state index in [9.17, 15) is 4.79 Å². The number of hydrogen-bond acceptors (Lipinski definition) is 4. The van der Waals surface area contributed by atoms with Gasteiger partial charge < -0.3 is 20.1 Å². The molecule has 1 aliphatic heterocycles. The molecule has 0 saturated carbocycles. The van der Waals surface area contributed by atoms with Crippen LogP contribution in [0.2, 0.25) is 0 Å². The zero-order valence-electron chi connectivity index (χ0n) is 12.3. The molecule has 0 spiro atoms. The minimum absolute atomic E-state index is 0.0801. The van der Waals surface area contributed by atoms with Gasteiger partial charge in [0.05, 0.1) is 14.2 Å². The van der Waals surface area contributed by atoms with E-state index in [1.54, 1.807) is 26.0 Å². The summed E-state index contributed by atoms with van der Waals surface area (Å²) in [7, 11) is 3.26. The molecule has 2 N–H and O–H groups in total. The molecule has 20 heavy (non-hydrogen) atoms. The molecule has 2 rings (SSSR count). The average Bonchev–Trinajstić information content (AvgIpc) is 2.46. The first kappa shape index (κ1) is 14.7. The van der Waals surface area contributed by atoms with Gasteiger partial charge in [0.2, 0.25) is 5.91 Å². The summed E-state index contributed by atoms with van der Waals surface area (Å²) >= 11 is 0. The molecule has 5 heteroatoms. The van der Waals surface area contributed by atoms with Crippen molar-refractivity contribution in [1.29, 1.82) is 0 Å². The van der Waals surface area contributed by atoms with Crippen LogP contribution < -0.4 is 15.2 Å². The van der Waals surface area contributed by atoms with Crippen molar-refractivity contribution in [2.75, 3.05) is 27.3 Å². The maximum absolute atomic E-state index is 11.4. The van der Waals surface area contributed by atoms with Crippen molar-refractivity contribution >= 4 is 5.91 Å². The Bertz CT molecular complexity index is 490. The first-order valence-corrected chi connectivity index (χ1v) is 6.80. The van der Waals surface area contributed by atoms with E-state index in [0.717, 1.165) is 24.3 Å². The number of methoxy groups -OCH3 is 2. The molecule has 5 nitrogen and oxygen atoms in total. The highest BCUT2D eigenvalue weighted by molar-refractivity contribution is 5.73. The fraction of sp³-hybridized carbons (Fsp3) is 0.533. The van der Waals surface area contributed by atoms with Crippen molar-refractivity contribution in [1.82, 2.24) is 4.90 Å². The fourth-order valence-corrected chi connectivity index (χ4v) is 2.86. The van der Waals surface area contributed by atoms with Gasteiger partial charge in [-0.25, -0.2) is 0 Å². The molecule has 0 bridgehead atoms. The first-order valence-electron chi connectivity index (χ1n) is 6.80. The third kappa shape index (κ3) is 2.72. The summed E-state index contributed by atoms with van der Waals surface area (Å²) in [5.41, 5.74) is 7.32. The summed E-state index contributed by atoms with van der Waals surface area (Å²) in [5.74, 6) is 1.71. The van der Waals surface area contributed by atoms with Gasteiger partial charge in [-0.2, -0.15) is 0 Å². The molecular formula is C15H22N2O3. The Morgan fingerprint density at radius 2 is 2.10 bits per heavy atom. The lowest BCUT2D eigenvalue weighted by atomic mass is 9.85. The van der Waals surface area contributed by atoms with E-state index in [4.69, 9.17) is 15.2 Å². The van der Waals surface area contributed by atoms with Crippen LogP contribution in [0.15, 0.2) is 18.2 Å². The van der Waals surface area contributed by atoms with E-state index in [1.165, 1.54) is 0 Å². The predicted molar refractivity (Wildman–Crippen MR) is 77.1 cm³/mol. The number of carbonyl (C=O) groups is 1. The minimum Gasteiger partial charge on any atom is -0.493 e. The van der Waals surface area contributed by atoms with E-state index < -0.39 is 0 Å². The Balaban J connectivity index is 2.26. The molecule has 0 aliphatic carbocycles. The fourth-order valence-electron chi connectivity index (χ4n) is 2.86. The highest BCUT2D eigenvalue weighted by Crippen LogP contribution is 2.39. The van der Waals surface area contributed by atoms with E-state index in [2.05, 4.69) is 0 Å². The third-order valence-electron chi connectivity index (χ3n) is 3.94. The molecule has 1 aromatic rings. The Morgan fingerprint density at radius 3 is 2.65 bits per heavy atom. The summed E-state index contributed by atoms with van der Waals surface area (Å²) in [4.78, 5) is 13.2. The van der Waals surface area contributed by atoms with Crippen molar-refractivity contribution in [3.05, 3.63) is 23.8 Å². The van der Waals surface area contributed by atoms with E-state index in [1.807, 2.05) is 18.2 Å². The summed E-state index contributed by atoms with van der Waals surface area (Å²) in [6.45, 7) is 2.90. The molecule has 0 radical (unpaired) electrons. The van der Waals surface area contributed by atoms with Gasteiger partial charge in [-0.05, 0) is 12.5 Å². The summed E-state index contributed by atoms with van der Waals surface area (Å²) in [6.07, 6.45) is 0.838. The number of amides is 1. The Morgan fingerprint density at radius 1 is 1.35 bits per heavy atom. The molecule has 2 atom stereocenters. The van der Waals surface area contributed by atoms with Gasteiger partial charge in [-0.3, -0.25) is 4.79 Å². The van der Waals surface area contributed by atoms with Crippen LogP contribution in [0.25, 0.3) is 0 Å². The first-order chi connectivity index (χ1) is 9.58. The molecule has 1 saturated heterocycles. The second kappa shape index (κ2) is 6.13. The SMILES string of the molecule is COc1cccc(C2CCN(C(C)=O)CC2N)c1OC. The number of nitrogens with zero attached hydrogens (tertiary/aromatic N) is 1. The van der Waals surface area contributed by atoms with Gasteiger partial charge in [-0.15, -0.1) is 0 Å². The monoisotopic (exact) mass is 278 g/mol. The molecule has 110 valence electrons. The summed E-state index contributed by atoms with van der Waals surface area (Å²) < 4.78 is 10.8. The number of likely N-dealkylation sites (tertiary alicyclic amines) is 1. The number of benzene rings is 1. The summed E-state index contributed by atoms with van der Waals surface area (Å²) in [6, 6.07) is 5.75. The lowest BCUT2D eigenvalue weighted by molar-refractivity contribution is -0.130. The lowest BCUT2D eigenvalue weighted by Gasteiger charge is -2.37.